The monoisotopic (exact) mass is 334 g/mol. The largest absolute Gasteiger partial charge is 0.479 e. The molecule has 6 heteroatoms. The van der Waals surface area contributed by atoms with Gasteiger partial charge in [-0.05, 0) is 12.8 Å². The van der Waals surface area contributed by atoms with Crippen molar-refractivity contribution in [3.63, 3.8) is 0 Å². The number of rotatable bonds is 12. The number of fused-ring (bicyclic) bond motifs is 1. The first-order chi connectivity index (χ1) is 11.8. The molecule has 2 aromatic rings. The summed E-state index contributed by atoms with van der Waals surface area (Å²) in [7, 11) is 1.59. The Morgan fingerprint density at radius 2 is 1.79 bits per heavy atom. The summed E-state index contributed by atoms with van der Waals surface area (Å²) < 4.78 is 7.31. The lowest BCUT2D eigenvalue weighted by molar-refractivity contribution is 0.251. The molecule has 0 saturated heterocycles. The van der Waals surface area contributed by atoms with Gasteiger partial charge in [0.1, 0.15) is 6.33 Å². The summed E-state index contributed by atoms with van der Waals surface area (Å²) in [6, 6.07) is 0.218. The molecule has 2 aromatic heterocycles. The van der Waals surface area contributed by atoms with Gasteiger partial charge in [0.05, 0.1) is 13.4 Å². The van der Waals surface area contributed by atoms with Crippen LogP contribution in [0, 0.1) is 0 Å². The fraction of sp³-hybridized carbons (Fsp3) is 0.722. The van der Waals surface area contributed by atoms with E-state index in [4.69, 9.17) is 4.74 Å². The lowest BCUT2D eigenvalue weighted by atomic mass is 10.0. The predicted molar refractivity (Wildman–Crippen MR) is 95.2 cm³/mol. The highest BCUT2D eigenvalue weighted by atomic mass is 16.5. The van der Waals surface area contributed by atoms with E-state index in [1.54, 1.807) is 13.4 Å². The summed E-state index contributed by atoms with van der Waals surface area (Å²) in [4.78, 5) is 12.9. The smallest absolute Gasteiger partial charge is 0.245 e. The topological polar surface area (TPSA) is 73.1 Å². The Hall–Kier alpha value is -1.69. The average Bonchev–Trinajstić information content (AvgIpc) is 3.04. The Morgan fingerprint density at radius 3 is 2.50 bits per heavy atom. The molecule has 1 atom stereocenters. The predicted octanol–water partition coefficient (Wildman–Crippen LogP) is 3.90. The summed E-state index contributed by atoms with van der Waals surface area (Å²) >= 11 is 0. The number of aliphatic hydroxyl groups is 1. The third-order valence-electron chi connectivity index (χ3n) is 4.52. The summed E-state index contributed by atoms with van der Waals surface area (Å²) in [5.74, 6) is 0.498. The molecule has 0 spiro atoms. The van der Waals surface area contributed by atoms with Gasteiger partial charge in [0.15, 0.2) is 11.2 Å². The van der Waals surface area contributed by atoms with E-state index in [-0.39, 0.29) is 12.6 Å². The number of unbranched alkanes of at least 4 members (excludes halogenated alkanes) is 6. The molecular weight excluding hydrogens is 304 g/mol. The van der Waals surface area contributed by atoms with Crippen LogP contribution in [0.2, 0.25) is 0 Å². The summed E-state index contributed by atoms with van der Waals surface area (Å²) in [6.07, 6.45) is 14.1. The highest BCUT2D eigenvalue weighted by Gasteiger charge is 2.17. The van der Waals surface area contributed by atoms with Crippen LogP contribution in [0.25, 0.3) is 11.2 Å². The van der Waals surface area contributed by atoms with E-state index in [2.05, 4.69) is 26.4 Å². The van der Waals surface area contributed by atoms with Crippen LogP contribution in [0.15, 0.2) is 12.7 Å². The van der Waals surface area contributed by atoms with Gasteiger partial charge in [-0.1, -0.05) is 51.9 Å². The first kappa shape index (κ1) is 18.6. The van der Waals surface area contributed by atoms with Crippen LogP contribution in [0.4, 0.5) is 0 Å². The number of hydrogen-bond donors (Lipinski definition) is 1. The van der Waals surface area contributed by atoms with Crippen molar-refractivity contribution in [1.82, 2.24) is 19.5 Å². The normalized spacial score (nSPS) is 12.6. The van der Waals surface area contributed by atoms with Crippen LogP contribution in [0.1, 0.15) is 70.8 Å². The first-order valence-electron chi connectivity index (χ1n) is 9.14. The Bertz CT molecular complexity index is 600. The van der Waals surface area contributed by atoms with E-state index in [0.29, 0.717) is 17.8 Å². The van der Waals surface area contributed by atoms with Gasteiger partial charge in [-0.15, -0.1) is 0 Å². The van der Waals surface area contributed by atoms with Crippen LogP contribution in [-0.4, -0.2) is 38.3 Å². The van der Waals surface area contributed by atoms with Crippen molar-refractivity contribution >= 4 is 11.2 Å². The highest BCUT2D eigenvalue weighted by molar-refractivity contribution is 5.75. The van der Waals surface area contributed by atoms with Crippen molar-refractivity contribution < 1.29 is 9.84 Å². The van der Waals surface area contributed by atoms with Gasteiger partial charge < -0.3 is 14.4 Å². The molecule has 0 radical (unpaired) electrons. The van der Waals surface area contributed by atoms with Gasteiger partial charge in [0.25, 0.3) is 0 Å². The van der Waals surface area contributed by atoms with Crippen molar-refractivity contribution in [2.75, 3.05) is 13.7 Å². The average molecular weight is 334 g/mol. The molecule has 6 nitrogen and oxygen atoms in total. The minimum absolute atomic E-state index is 0.170. The summed E-state index contributed by atoms with van der Waals surface area (Å²) in [5, 5.41) is 9.42. The summed E-state index contributed by atoms with van der Waals surface area (Å²) in [6.45, 7) is 2.41. The van der Waals surface area contributed by atoms with Gasteiger partial charge in [0, 0.05) is 12.6 Å². The zero-order valence-corrected chi connectivity index (χ0v) is 14.9. The zero-order chi connectivity index (χ0) is 17.2. The molecule has 0 aliphatic heterocycles. The maximum absolute atomic E-state index is 9.42. The number of hydrogen-bond acceptors (Lipinski definition) is 5. The fourth-order valence-corrected chi connectivity index (χ4v) is 3.16. The van der Waals surface area contributed by atoms with Crippen molar-refractivity contribution in [1.29, 1.82) is 0 Å². The SMILES string of the molecule is CCCCCCCCCC(CCO)n1cnc2c(OC)ncnc21. The van der Waals surface area contributed by atoms with E-state index >= 15 is 0 Å². The number of aromatic nitrogens is 4. The van der Waals surface area contributed by atoms with Gasteiger partial charge in [-0.25, -0.2) is 9.97 Å². The lowest BCUT2D eigenvalue weighted by Crippen LogP contribution is -2.11. The highest BCUT2D eigenvalue weighted by Crippen LogP contribution is 2.26. The number of ether oxygens (including phenoxy) is 1. The fourth-order valence-electron chi connectivity index (χ4n) is 3.16. The number of imidazole rings is 1. The van der Waals surface area contributed by atoms with Gasteiger partial charge in [-0.3, -0.25) is 0 Å². The maximum Gasteiger partial charge on any atom is 0.245 e. The van der Waals surface area contributed by atoms with Gasteiger partial charge in [0.2, 0.25) is 5.88 Å². The molecule has 0 bridgehead atoms. The molecular formula is C18H30N4O2. The quantitative estimate of drug-likeness (QED) is 0.596. The van der Waals surface area contributed by atoms with Crippen LogP contribution < -0.4 is 4.74 Å². The van der Waals surface area contributed by atoms with Crippen LogP contribution >= 0.6 is 0 Å². The Morgan fingerprint density at radius 1 is 1.04 bits per heavy atom. The third kappa shape index (κ3) is 4.90. The summed E-state index contributed by atoms with van der Waals surface area (Å²) in [5.41, 5.74) is 1.46. The Labute approximate surface area is 144 Å². The molecule has 0 fully saturated rings. The number of nitrogens with zero attached hydrogens (tertiary/aromatic N) is 4. The molecule has 24 heavy (non-hydrogen) atoms. The van der Waals surface area contributed by atoms with Crippen LogP contribution in [0.5, 0.6) is 5.88 Å². The molecule has 0 aliphatic carbocycles. The second-order valence-electron chi connectivity index (χ2n) is 6.28. The molecule has 134 valence electrons. The van der Waals surface area contributed by atoms with E-state index in [1.165, 1.54) is 51.3 Å². The van der Waals surface area contributed by atoms with E-state index < -0.39 is 0 Å². The minimum atomic E-state index is 0.170. The van der Waals surface area contributed by atoms with E-state index in [9.17, 15) is 5.11 Å². The first-order valence-corrected chi connectivity index (χ1v) is 9.14. The van der Waals surface area contributed by atoms with Crippen molar-refractivity contribution in [2.24, 2.45) is 0 Å². The van der Waals surface area contributed by atoms with Gasteiger partial charge >= 0.3 is 0 Å². The Balaban J connectivity index is 1.95. The third-order valence-corrected chi connectivity index (χ3v) is 4.52. The maximum atomic E-state index is 9.42. The molecule has 0 aromatic carbocycles. The van der Waals surface area contributed by atoms with E-state index in [0.717, 1.165) is 12.1 Å². The molecule has 0 aliphatic rings. The standard InChI is InChI=1S/C18H30N4O2/c1-3-4-5-6-7-8-9-10-15(11-12-23)22-14-21-16-17(22)19-13-20-18(16)24-2/h13-15,23H,3-12H2,1-2H3. The molecule has 0 saturated carbocycles. The number of methoxy groups -OCH3 is 1. The van der Waals surface area contributed by atoms with Crippen molar-refractivity contribution in [3.05, 3.63) is 12.7 Å². The van der Waals surface area contributed by atoms with Crippen LogP contribution in [0.3, 0.4) is 0 Å². The van der Waals surface area contributed by atoms with Gasteiger partial charge in [-0.2, -0.15) is 4.98 Å². The second kappa shape index (κ2) is 10.2. The van der Waals surface area contributed by atoms with Crippen LogP contribution in [-0.2, 0) is 0 Å². The lowest BCUT2D eigenvalue weighted by Gasteiger charge is -2.18. The molecule has 0 amide bonds. The molecule has 1 N–H and O–H groups in total. The molecule has 1 unspecified atom stereocenters. The zero-order valence-electron chi connectivity index (χ0n) is 14.9. The minimum Gasteiger partial charge on any atom is -0.479 e. The Kier molecular flexibility index (Phi) is 7.95. The van der Waals surface area contributed by atoms with E-state index in [1.807, 2.05) is 0 Å². The molecule has 2 rings (SSSR count). The van der Waals surface area contributed by atoms with Crippen molar-refractivity contribution in [3.8, 4) is 5.88 Å². The second-order valence-corrected chi connectivity index (χ2v) is 6.28. The van der Waals surface area contributed by atoms with Crippen molar-refractivity contribution in [2.45, 2.75) is 70.8 Å². The molecule has 2 heterocycles. The number of aliphatic hydroxyl groups excluding tert-OH is 1.